The summed E-state index contributed by atoms with van der Waals surface area (Å²) in [5, 5.41) is 12.7. The van der Waals surface area contributed by atoms with Crippen molar-refractivity contribution < 1.29 is 14.3 Å². The largest absolute Gasteiger partial charge is 0.477 e. The van der Waals surface area contributed by atoms with Crippen LogP contribution in [0, 0.1) is 5.82 Å². The summed E-state index contributed by atoms with van der Waals surface area (Å²) in [5.41, 5.74) is 4.78. The monoisotopic (exact) mass is 389 g/mol. The first-order chi connectivity index (χ1) is 13.5. The minimum absolute atomic E-state index is 0.00227. The van der Waals surface area contributed by atoms with E-state index in [4.69, 9.17) is 5.73 Å². The lowest BCUT2D eigenvalue weighted by molar-refractivity contribution is 0.0694. The molecule has 9 heteroatoms. The average molecular weight is 389 g/mol. The highest BCUT2D eigenvalue weighted by molar-refractivity contribution is 5.92. The van der Waals surface area contributed by atoms with Crippen molar-refractivity contribution in [3.8, 4) is 0 Å². The molecule has 28 heavy (non-hydrogen) atoms. The standard InChI is InChI=1S/C19H24FN5O3/c20-15-7-13-16(26)14(19(27)28)10-24(5-3-1-2-4-21)17(13)23-18(15)25-9-11-6-12(25)8-22-11/h7,10-12,22H,1-6,8-9,21H2,(H,27,28). The van der Waals surface area contributed by atoms with E-state index in [9.17, 15) is 19.1 Å². The van der Waals surface area contributed by atoms with Crippen LogP contribution in [0.15, 0.2) is 17.1 Å². The van der Waals surface area contributed by atoms with Gasteiger partial charge >= 0.3 is 5.97 Å². The van der Waals surface area contributed by atoms with Gasteiger partial charge in [-0.3, -0.25) is 4.79 Å². The Labute approximate surface area is 161 Å². The summed E-state index contributed by atoms with van der Waals surface area (Å²) in [6.45, 7) is 2.54. The zero-order valence-corrected chi connectivity index (χ0v) is 15.5. The summed E-state index contributed by atoms with van der Waals surface area (Å²) in [7, 11) is 0. The smallest absolute Gasteiger partial charge is 0.341 e. The Morgan fingerprint density at radius 1 is 1.39 bits per heavy atom. The van der Waals surface area contributed by atoms with Crippen LogP contribution in [0.5, 0.6) is 0 Å². The fourth-order valence-corrected chi connectivity index (χ4v) is 4.22. The lowest BCUT2D eigenvalue weighted by Crippen LogP contribution is -2.44. The zero-order valence-electron chi connectivity index (χ0n) is 15.5. The molecular formula is C19H24FN5O3. The Kier molecular flexibility index (Phi) is 5.03. The number of carboxylic acid groups (broad SMARTS) is 1. The van der Waals surface area contributed by atoms with Crippen LogP contribution in [0.4, 0.5) is 10.2 Å². The van der Waals surface area contributed by atoms with Gasteiger partial charge in [0.2, 0.25) is 5.43 Å². The Bertz CT molecular complexity index is 976. The normalized spacial score (nSPS) is 21.0. The summed E-state index contributed by atoms with van der Waals surface area (Å²) in [5.74, 6) is -1.68. The molecule has 0 spiro atoms. The van der Waals surface area contributed by atoms with Crippen molar-refractivity contribution in [1.82, 2.24) is 14.9 Å². The molecule has 2 saturated heterocycles. The van der Waals surface area contributed by atoms with Crippen molar-refractivity contribution >= 4 is 22.8 Å². The van der Waals surface area contributed by atoms with Gasteiger partial charge in [0.1, 0.15) is 11.2 Å². The van der Waals surface area contributed by atoms with Crippen LogP contribution in [0.2, 0.25) is 0 Å². The lowest BCUT2D eigenvalue weighted by Gasteiger charge is -2.29. The van der Waals surface area contributed by atoms with E-state index in [2.05, 4.69) is 10.3 Å². The number of aryl methyl sites for hydroxylation is 1. The van der Waals surface area contributed by atoms with Crippen LogP contribution in [-0.4, -0.2) is 52.3 Å². The molecule has 4 heterocycles. The van der Waals surface area contributed by atoms with Gasteiger partial charge in [-0.2, -0.15) is 0 Å². The molecule has 0 radical (unpaired) electrons. The second-order valence-electron chi connectivity index (χ2n) is 7.53. The zero-order chi connectivity index (χ0) is 19.8. The van der Waals surface area contributed by atoms with Gasteiger partial charge in [-0.05, 0) is 31.9 Å². The quantitative estimate of drug-likeness (QED) is 0.603. The molecule has 0 aliphatic carbocycles. The van der Waals surface area contributed by atoms with Gasteiger partial charge in [0.15, 0.2) is 11.6 Å². The maximum absolute atomic E-state index is 14.9. The summed E-state index contributed by atoms with van der Waals surface area (Å²) in [6, 6.07) is 1.66. The molecule has 2 aliphatic rings. The van der Waals surface area contributed by atoms with Gasteiger partial charge in [-0.1, -0.05) is 6.42 Å². The van der Waals surface area contributed by atoms with E-state index in [0.717, 1.165) is 38.3 Å². The van der Waals surface area contributed by atoms with Gasteiger partial charge in [0.05, 0.1) is 5.39 Å². The number of piperazine rings is 1. The van der Waals surface area contributed by atoms with Crippen LogP contribution < -0.4 is 21.4 Å². The molecule has 2 fully saturated rings. The number of carbonyl (C=O) groups is 1. The van der Waals surface area contributed by atoms with Crippen molar-refractivity contribution in [2.24, 2.45) is 5.73 Å². The molecule has 0 saturated carbocycles. The number of aromatic nitrogens is 2. The molecule has 4 rings (SSSR count). The van der Waals surface area contributed by atoms with Crippen molar-refractivity contribution in [3.05, 3.63) is 33.9 Å². The number of hydrogen-bond donors (Lipinski definition) is 3. The minimum Gasteiger partial charge on any atom is -0.477 e. The third-order valence-electron chi connectivity index (χ3n) is 5.65. The predicted molar refractivity (Wildman–Crippen MR) is 103 cm³/mol. The molecule has 8 nitrogen and oxygen atoms in total. The molecule has 2 aromatic rings. The molecule has 4 N–H and O–H groups in total. The number of halogens is 1. The molecule has 2 atom stereocenters. The van der Waals surface area contributed by atoms with Crippen LogP contribution in [0.1, 0.15) is 36.0 Å². The first kappa shape index (κ1) is 18.8. The average Bonchev–Trinajstić information content (AvgIpc) is 3.30. The summed E-state index contributed by atoms with van der Waals surface area (Å²) in [4.78, 5) is 30.5. The van der Waals surface area contributed by atoms with E-state index in [-0.39, 0.29) is 22.8 Å². The van der Waals surface area contributed by atoms with E-state index in [1.165, 1.54) is 6.20 Å². The molecule has 2 unspecified atom stereocenters. The Hall–Kier alpha value is -2.52. The third kappa shape index (κ3) is 3.24. The number of pyridine rings is 2. The molecule has 0 aromatic carbocycles. The minimum atomic E-state index is -1.32. The van der Waals surface area contributed by atoms with Crippen LogP contribution in [0.25, 0.3) is 11.0 Å². The highest BCUT2D eigenvalue weighted by Gasteiger charge is 2.39. The highest BCUT2D eigenvalue weighted by atomic mass is 19.1. The number of nitrogens with one attached hydrogen (secondary N) is 1. The van der Waals surface area contributed by atoms with Crippen LogP contribution in [-0.2, 0) is 6.54 Å². The molecule has 0 amide bonds. The number of rotatable bonds is 7. The van der Waals surface area contributed by atoms with Crippen LogP contribution in [0.3, 0.4) is 0 Å². The fraction of sp³-hybridized carbons (Fsp3) is 0.526. The number of aromatic carboxylic acids is 1. The summed E-state index contributed by atoms with van der Waals surface area (Å²) in [6.07, 6.45) is 4.77. The fourth-order valence-electron chi connectivity index (χ4n) is 4.22. The SMILES string of the molecule is NCCCCCn1cc(C(=O)O)c(=O)c2cc(F)c(N3CC4CC3CN4)nc21. The van der Waals surface area contributed by atoms with Crippen molar-refractivity contribution in [2.75, 3.05) is 24.5 Å². The van der Waals surface area contributed by atoms with Gasteiger partial charge < -0.3 is 25.6 Å². The van der Waals surface area contributed by atoms with E-state index in [0.29, 0.717) is 31.3 Å². The number of anilines is 1. The Balaban J connectivity index is 1.80. The van der Waals surface area contributed by atoms with Gasteiger partial charge in [0.25, 0.3) is 0 Å². The van der Waals surface area contributed by atoms with Gasteiger partial charge in [-0.25, -0.2) is 14.2 Å². The van der Waals surface area contributed by atoms with E-state index < -0.39 is 17.2 Å². The number of fused-ring (bicyclic) bond motifs is 3. The van der Waals surface area contributed by atoms with Crippen molar-refractivity contribution in [1.29, 1.82) is 0 Å². The number of nitrogens with two attached hydrogens (primary N) is 1. The number of unbranched alkanes of at least 4 members (excludes halogenated alkanes) is 2. The maximum Gasteiger partial charge on any atom is 0.341 e. The highest BCUT2D eigenvalue weighted by Crippen LogP contribution is 2.31. The van der Waals surface area contributed by atoms with Crippen LogP contribution >= 0.6 is 0 Å². The number of hydrogen-bond acceptors (Lipinski definition) is 6. The predicted octanol–water partition coefficient (Wildman–Crippen LogP) is 0.913. The molecular weight excluding hydrogens is 365 g/mol. The third-order valence-corrected chi connectivity index (χ3v) is 5.65. The van der Waals surface area contributed by atoms with E-state index in [1.807, 2.05) is 4.90 Å². The Morgan fingerprint density at radius 3 is 2.86 bits per heavy atom. The summed E-state index contributed by atoms with van der Waals surface area (Å²) >= 11 is 0. The van der Waals surface area contributed by atoms with E-state index in [1.54, 1.807) is 4.57 Å². The van der Waals surface area contributed by atoms with Crippen molar-refractivity contribution in [2.45, 2.75) is 44.3 Å². The molecule has 2 aliphatic heterocycles. The first-order valence-electron chi connectivity index (χ1n) is 9.66. The Morgan fingerprint density at radius 2 is 2.21 bits per heavy atom. The first-order valence-corrected chi connectivity index (χ1v) is 9.66. The van der Waals surface area contributed by atoms with Crippen molar-refractivity contribution in [3.63, 3.8) is 0 Å². The second kappa shape index (κ2) is 7.48. The topological polar surface area (TPSA) is 113 Å². The van der Waals surface area contributed by atoms with Gasteiger partial charge in [-0.15, -0.1) is 0 Å². The number of carboxylic acids is 1. The number of nitrogens with zero attached hydrogens (tertiary/aromatic N) is 3. The van der Waals surface area contributed by atoms with E-state index >= 15 is 0 Å². The lowest BCUT2D eigenvalue weighted by atomic mass is 10.1. The van der Waals surface area contributed by atoms with Gasteiger partial charge in [0, 0.05) is 37.9 Å². The second-order valence-corrected chi connectivity index (χ2v) is 7.53. The molecule has 150 valence electrons. The molecule has 2 bridgehead atoms. The molecule has 2 aromatic heterocycles. The maximum atomic E-state index is 14.9. The summed E-state index contributed by atoms with van der Waals surface area (Å²) < 4.78 is 16.5.